The lowest BCUT2D eigenvalue weighted by Gasteiger charge is -2.06. The summed E-state index contributed by atoms with van der Waals surface area (Å²) >= 11 is 6.82. The quantitative estimate of drug-likeness (QED) is 0.689. The van der Waals surface area contributed by atoms with Crippen molar-refractivity contribution >= 4 is 46.1 Å². The van der Waals surface area contributed by atoms with Crippen LogP contribution in [0, 0.1) is 5.82 Å². The number of aromatic nitrogens is 4. The van der Waals surface area contributed by atoms with Crippen LogP contribution in [0.1, 0.15) is 0 Å². The molecule has 10 heteroatoms. The molecule has 124 valence electrons. The zero-order valence-electron chi connectivity index (χ0n) is 12.3. The lowest BCUT2D eigenvalue weighted by molar-refractivity contribution is -0.113. The van der Waals surface area contributed by atoms with E-state index in [1.54, 1.807) is 11.6 Å². The second-order valence-electron chi connectivity index (χ2n) is 4.82. The number of amides is 1. The smallest absolute Gasteiger partial charge is 0.278 e. The third-order valence-corrected chi connectivity index (χ3v) is 4.48. The first-order chi connectivity index (χ1) is 11.5. The molecule has 0 aliphatic carbocycles. The van der Waals surface area contributed by atoms with E-state index in [9.17, 15) is 14.0 Å². The molecular formula is C14H11ClFN5O2S. The monoisotopic (exact) mass is 367 g/mol. The topological polar surface area (TPSA) is 92.7 Å². The molecule has 0 aliphatic rings. The molecule has 7 nitrogen and oxygen atoms in total. The highest BCUT2D eigenvalue weighted by Crippen LogP contribution is 2.21. The van der Waals surface area contributed by atoms with Crippen LogP contribution in [-0.4, -0.2) is 31.2 Å². The maximum atomic E-state index is 13.1. The first-order valence-corrected chi connectivity index (χ1v) is 8.10. The number of imidazole rings is 1. The Morgan fingerprint density at radius 3 is 3.00 bits per heavy atom. The van der Waals surface area contributed by atoms with Crippen molar-refractivity contribution < 1.29 is 9.18 Å². The first kappa shape index (κ1) is 16.5. The van der Waals surface area contributed by atoms with Gasteiger partial charge in [0.25, 0.3) is 5.56 Å². The molecule has 0 bridgehead atoms. The fourth-order valence-electron chi connectivity index (χ4n) is 2.02. The van der Waals surface area contributed by atoms with Gasteiger partial charge in [0.15, 0.2) is 16.3 Å². The summed E-state index contributed by atoms with van der Waals surface area (Å²) in [5.41, 5.74) is 0.711. The van der Waals surface area contributed by atoms with Crippen molar-refractivity contribution in [2.45, 2.75) is 5.16 Å². The van der Waals surface area contributed by atoms with E-state index in [1.807, 2.05) is 0 Å². The fraction of sp³-hybridized carbons (Fsp3) is 0.143. The minimum absolute atomic E-state index is 0.0596. The van der Waals surface area contributed by atoms with Crippen LogP contribution < -0.4 is 10.9 Å². The Balaban J connectivity index is 1.70. The number of nitrogens with zero attached hydrogens (tertiary/aromatic N) is 3. The third-order valence-electron chi connectivity index (χ3n) is 3.16. The highest BCUT2D eigenvalue weighted by molar-refractivity contribution is 7.99. The predicted octanol–water partition coefficient (Wildman–Crippen LogP) is 2.18. The zero-order valence-corrected chi connectivity index (χ0v) is 13.9. The predicted molar refractivity (Wildman–Crippen MR) is 89.9 cm³/mol. The van der Waals surface area contributed by atoms with Crippen molar-refractivity contribution in [2.24, 2.45) is 7.05 Å². The highest BCUT2D eigenvalue weighted by atomic mass is 35.5. The summed E-state index contributed by atoms with van der Waals surface area (Å²) in [4.78, 5) is 34.4. The van der Waals surface area contributed by atoms with E-state index in [4.69, 9.17) is 11.6 Å². The van der Waals surface area contributed by atoms with E-state index in [2.05, 4.69) is 20.3 Å². The number of hydrogen-bond acceptors (Lipinski definition) is 5. The standard InChI is InChI=1S/C14H11ClFN5O2S/c1-21-12-11(13(23)18-6-17-12)20-14(21)24-5-10(22)19-7-2-3-9(16)8(15)4-7/h2-4,6H,5H2,1H3,(H,19,22)(H,17,18,23). The van der Waals surface area contributed by atoms with Crippen molar-refractivity contribution in [1.29, 1.82) is 0 Å². The number of halogens is 2. The van der Waals surface area contributed by atoms with E-state index in [0.717, 1.165) is 11.8 Å². The van der Waals surface area contributed by atoms with Crippen LogP contribution >= 0.6 is 23.4 Å². The number of benzene rings is 1. The number of carbonyl (C=O) groups excluding carboxylic acids is 1. The Morgan fingerprint density at radius 1 is 1.50 bits per heavy atom. The molecule has 0 aliphatic heterocycles. The van der Waals surface area contributed by atoms with Crippen molar-refractivity contribution in [3.05, 3.63) is 45.7 Å². The van der Waals surface area contributed by atoms with E-state index in [0.29, 0.717) is 16.5 Å². The third kappa shape index (κ3) is 3.26. The number of thioether (sulfide) groups is 1. The Morgan fingerprint density at radius 2 is 2.29 bits per heavy atom. The Hall–Kier alpha value is -2.39. The average Bonchev–Trinajstić information content (AvgIpc) is 2.87. The van der Waals surface area contributed by atoms with Crippen LogP contribution in [0.15, 0.2) is 34.5 Å². The van der Waals surface area contributed by atoms with Gasteiger partial charge in [0, 0.05) is 12.7 Å². The van der Waals surface area contributed by atoms with E-state index in [-0.39, 0.29) is 27.8 Å². The first-order valence-electron chi connectivity index (χ1n) is 6.73. The molecule has 0 unspecified atom stereocenters. The van der Waals surface area contributed by atoms with Gasteiger partial charge in [-0.3, -0.25) is 9.59 Å². The summed E-state index contributed by atoms with van der Waals surface area (Å²) in [6.45, 7) is 0. The number of carbonyl (C=O) groups is 1. The lowest BCUT2D eigenvalue weighted by Crippen LogP contribution is -2.14. The van der Waals surface area contributed by atoms with E-state index in [1.165, 1.54) is 24.5 Å². The minimum atomic E-state index is -0.554. The molecule has 1 aromatic carbocycles. The van der Waals surface area contributed by atoms with Crippen LogP contribution in [0.5, 0.6) is 0 Å². The number of nitrogens with one attached hydrogen (secondary N) is 2. The Labute approximate surface area is 144 Å². The molecular weight excluding hydrogens is 357 g/mol. The molecule has 0 fully saturated rings. The summed E-state index contributed by atoms with van der Waals surface area (Å²) in [5.74, 6) is -0.803. The second-order valence-corrected chi connectivity index (χ2v) is 6.17. The molecule has 0 radical (unpaired) electrons. The highest BCUT2D eigenvalue weighted by Gasteiger charge is 2.14. The van der Waals surface area contributed by atoms with Gasteiger partial charge in [-0.25, -0.2) is 14.4 Å². The van der Waals surface area contributed by atoms with Crippen molar-refractivity contribution in [2.75, 3.05) is 11.1 Å². The van der Waals surface area contributed by atoms with Crippen molar-refractivity contribution in [3.8, 4) is 0 Å². The van der Waals surface area contributed by atoms with Gasteiger partial charge in [-0.05, 0) is 18.2 Å². The molecule has 3 aromatic rings. The fourth-order valence-corrected chi connectivity index (χ4v) is 2.97. The number of H-pyrrole nitrogens is 1. The average molecular weight is 368 g/mol. The van der Waals surface area contributed by atoms with Gasteiger partial charge < -0.3 is 14.9 Å². The molecule has 2 N–H and O–H groups in total. The zero-order chi connectivity index (χ0) is 17.3. The van der Waals surface area contributed by atoms with Crippen LogP contribution in [0.4, 0.5) is 10.1 Å². The van der Waals surface area contributed by atoms with Gasteiger partial charge in [-0.2, -0.15) is 0 Å². The largest absolute Gasteiger partial charge is 0.325 e. The molecule has 3 rings (SSSR count). The van der Waals surface area contributed by atoms with Gasteiger partial charge in [0.05, 0.1) is 17.1 Å². The lowest BCUT2D eigenvalue weighted by atomic mass is 10.3. The van der Waals surface area contributed by atoms with E-state index >= 15 is 0 Å². The minimum Gasteiger partial charge on any atom is -0.325 e. The SMILES string of the molecule is Cn1c(SCC(=O)Nc2ccc(F)c(Cl)c2)nc2c(=O)[nH]cnc21. The normalized spacial score (nSPS) is 11.0. The van der Waals surface area contributed by atoms with Crippen LogP contribution in [0.25, 0.3) is 11.2 Å². The molecule has 24 heavy (non-hydrogen) atoms. The number of fused-ring (bicyclic) bond motifs is 1. The number of rotatable bonds is 4. The maximum absolute atomic E-state index is 13.1. The molecule has 0 spiro atoms. The molecule has 0 saturated carbocycles. The summed E-state index contributed by atoms with van der Waals surface area (Å²) in [7, 11) is 1.71. The van der Waals surface area contributed by atoms with Crippen molar-refractivity contribution in [3.63, 3.8) is 0 Å². The molecule has 0 atom stereocenters. The second kappa shape index (κ2) is 6.62. The van der Waals surface area contributed by atoms with Gasteiger partial charge in [0.1, 0.15) is 5.82 Å². The number of aromatic amines is 1. The summed E-state index contributed by atoms with van der Waals surface area (Å²) in [5, 5.41) is 3.03. The summed E-state index contributed by atoms with van der Waals surface area (Å²) < 4.78 is 14.7. The summed E-state index contributed by atoms with van der Waals surface area (Å²) in [6.07, 6.45) is 1.30. The molecule has 2 aromatic heterocycles. The summed E-state index contributed by atoms with van der Waals surface area (Å²) in [6, 6.07) is 3.93. The van der Waals surface area contributed by atoms with Gasteiger partial charge in [-0.1, -0.05) is 23.4 Å². The number of anilines is 1. The molecule has 2 heterocycles. The Bertz CT molecular complexity index is 987. The van der Waals surface area contributed by atoms with Gasteiger partial charge in [-0.15, -0.1) is 0 Å². The van der Waals surface area contributed by atoms with Gasteiger partial charge in [0.2, 0.25) is 5.91 Å². The maximum Gasteiger partial charge on any atom is 0.278 e. The Kier molecular flexibility index (Phi) is 4.54. The van der Waals surface area contributed by atoms with Gasteiger partial charge >= 0.3 is 0 Å². The van der Waals surface area contributed by atoms with Crippen LogP contribution in [-0.2, 0) is 11.8 Å². The van der Waals surface area contributed by atoms with Crippen LogP contribution in [0.3, 0.4) is 0 Å². The molecule has 0 saturated heterocycles. The van der Waals surface area contributed by atoms with Crippen molar-refractivity contribution in [1.82, 2.24) is 19.5 Å². The number of hydrogen-bond donors (Lipinski definition) is 2. The van der Waals surface area contributed by atoms with E-state index < -0.39 is 5.82 Å². The molecule has 1 amide bonds. The number of aryl methyl sites for hydroxylation is 1. The van der Waals surface area contributed by atoms with Crippen LogP contribution in [0.2, 0.25) is 5.02 Å².